The largest absolute Gasteiger partial charge is 0.349 e. The van der Waals surface area contributed by atoms with Crippen LogP contribution in [-0.4, -0.2) is 40.7 Å². The highest BCUT2D eigenvalue weighted by Crippen LogP contribution is 2.36. The fraction of sp³-hybridized carbons (Fsp3) is 0.333. The SMILES string of the molecule is Cc1cc(C)c2c(n1)SCCN2C(=O)NCC(=O)NCc1ccccn1. The number of anilines is 1. The lowest BCUT2D eigenvalue weighted by molar-refractivity contribution is -0.120. The minimum atomic E-state index is -0.284. The van der Waals surface area contributed by atoms with Crippen molar-refractivity contribution in [3.8, 4) is 0 Å². The highest BCUT2D eigenvalue weighted by molar-refractivity contribution is 7.99. The molecular weight excluding hydrogens is 350 g/mol. The second-order valence-electron chi connectivity index (χ2n) is 5.99. The minimum absolute atomic E-state index is 0.0804. The third kappa shape index (κ3) is 4.32. The van der Waals surface area contributed by atoms with Crippen molar-refractivity contribution < 1.29 is 9.59 Å². The fourth-order valence-corrected chi connectivity index (χ4v) is 3.86. The number of hydrogen-bond donors (Lipinski definition) is 2. The molecule has 26 heavy (non-hydrogen) atoms. The van der Waals surface area contributed by atoms with Gasteiger partial charge in [0.15, 0.2) is 0 Å². The maximum absolute atomic E-state index is 12.6. The first-order chi connectivity index (χ1) is 12.5. The summed E-state index contributed by atoms with van der Waals surface area (Å²) in [5, 5.41) is 6.30. The predicted octanol–water partition coefficient (Wildman–Crippen LogP) is 2.03. The van der Waals surface area contributed by atoms with Gasteiger partial charge in [-0.15, -0.1) is 11.8 Å². The van der Waals surface area contributed by atoms with Gasteiger partial charge in [-0.3, -0.25) is 14.7 Å². The number of nitrogens with zero attached hydrogens (tertiary/aromatic N) is 3. The second kappa shape index (κ2) is 8.18. The Hall–Kier alpha value is -2.61. The number of aryl methyl sites for hydroxylation is 2. The third-order valence-electron chi connectivity index (χ3n) is 3.94. The van der Waals surface area contributed by atoms with Gasteiger partial charge in [-0.05, 0) is 37.6 Å². The van der Waals surface area contributed by atoms with Gasteiger partial charge in [0.05, 0.1) is 24.5 Å². The van der Waals surface area contributed by atoms with Crippen LogP contribution in [0.5, 0.6) is 0 Å². The van der Waals surface area contributed by atoms with E-state index in [1.165, 1.54) is 0 Å². The Bertz CT molecular complexity index is 813. The topological polar surface area (TPSA) is 87.2 Å². The lowest BCUT2D eigenvalue weighted by atomic mass is 10.2. The molecule has 2 aromatic rings. The molecule has 8 heteroatoms. The van der Waals surface area contributed by atoms with Crippen molar-refractivity contribution >= 4 is 29.4 Å². The molecule has 0 atom stereocenters. The van der Waals surface area contributed by atoms with E-state index in [2.05, 4.69) is 20.6 Å². The van der Waals surface area contributed by atoms with E-state index in [0.29, 0.717) is 13.1 Å². The minimum Gasteiger partial charge on any atom is -0.349 e. The highest BCUT2D eigenvalue weighted by Gasteiger charge is 2.26. The van der Waals surface area contributed by atoms with Crippen LogP contribution >= 0.6 is 11.8 Å². The molecule has 1 aliphatic heterocycles. The molecule has 136 valence electrons. The van der Waals surface area contributed by atoms with Crippen LogP contribution in [0, 0.1) is 13.8 Å². The van der Waals surface area contributed by atoms with Crippen molar-refractivity contribution in [3.05, 3.63) is 47.4 Å². The van der Waals surface area contributed by atoms with Crippen molar-refractivity contribution in [3.63, 3.8) is 0 Å². The zero-order valence-corrected chi connectivity index (χ0v) is 15.6. The van der Waals surface area contributed by atoms with Crippen LogP contribution in [0.4, 0.5) is 10.5 Å². The quantitative estimate of drug-likeness (QED) is 0.859. The Morgan fingerprint density at radius 2 is 2.12 bits per heavy atom. The number of amides is 3. The summed E-state index contributed by atoms with van der Waals surface area (Å²) in [5.41, 5.74) is 3.55. The van der Waals surface area contributed by atoms with Gasteiger partial charge in [0.2, 0.25) is 5.91 Å². The average molecular weight is 371 g/mol. The molecule has 0 bridgehead atoms. The number of aromatic nitrogens is 2. The van der Waals surface area contributed by atoms with E-state index in [-0.39, 0.29) is 18.5 Å². The lowest BCUT2D eigenvalue weighted by Gasteiger charge is -2.30. The Kier molecular flexibility index (Phi) is 5.72. The summed E-state index contributed by atoms with van der Waals surface area (Å²) in [4.78, 5) is 34.9. The first kappa shape index (κ1) is 18.2. The van der Waals surface area contributed by atoms with Crippen LogP contribution in [0.1, 0.15) is 17.0 Å². The number of carbonyl (C=O) groups is 2. The molecule has 7 nitrogen and oxygen atoms in total. The molecule has 3 heterocycles. The molecule has 0 saturated carbocycles. The van der Waals surface area contributed by atoms with Gasteiger partial charge < -0.3 is 10.6 Å². The predicted molar refractivity (Wildman–Crippen MR) is 101 cm³/mol. The third-order valence-corrected chi connectivity index (χ3v) is 4.89. The monoisotopic (exact) mass is 371 g/mol. The number of carbonyl (C=O) groups excluding carboxylic acids is 2. The summed E-state index contributed by atoms with van der Waals surface area (Å²) < 4.78 is 0. The Labute approximate surface area is 156 Å². The number of urea groups is 1. The van der Waals surface area contributed by atoms with Crippen LogP contribution in [0.15, 0.2) is 35.5 Å². The van der Waals surface area contributed by atoms with Crippen LogP contribution in [-0.2, 0) is 11.3 Å². The smallest absolute Gasteiger partial charge is 0.322 e. The molecule has 0 saturated heterocycles. The fourth-order valence-electron chi connectivity index (χ4n) is 2.78. The Morgan fingerprint density at radius 1 is 1.27 bits per heavy atom. The molecule has 0 unspecified atom stereocenters. The van der Waals surface area contributed by atoms with Crippen molar-refractivity contribution in [2.24, 2.45) is 0 Å². The molecule has 1 aliphatic rings. The summed E-state index contributed by atoms with van der Waals surface area (Å²) in [6.45, 7) is 4.76. The lowest BCUT2D eigenvalue weighted by Crippen LogP contribution is -2.46. The zero-order chi connectivity index (χ0) is 18.5. The van der Waals surface area contributed by atoms with Crippen LogP contribution in [0.3, 0.4) is 0 Å². The van der Waals surface area contributed by atoms with Crippen molar-refractivity contribution in [1.82, 2.24) is 20.6 Å². The first-order valence-electron chi connectivity index (χ1n) is 8.37. The number of rotatable bonds is 4. The number of nitrogens with one attached hydrogen (secondary N) is 2. The molecule has 0 spiro atoms. The molecular formula is C18H21N5O2S. The van der Waals surface area contributed by atoms with E-state index in [0.717, 1.165) is 33.4 Å². The molecule has 3 amide bonds. The van der Waals surface area contributed by atoms with E-state index in [4.69, 9.17) is 0 Å². The summed E-state index contributed by atoms with van der Waals surface area (Å²) in [5.74, 6) is 0.525. The van der Waals surface area contributed by atoms with Crippen LogP contribution < -0.4 is 15.5 Å². The number of thioether (sulfide) groups is 1. The van der Waals surface area contributed by atoms with Crippen molar-refractivity contribution in [2.45, 2.75) is 25.4 Å². The molecule has 0 aliphatic carbocycles. The maximum Gasteiger partial charge on any atom is 0.322 e. The van der Waals surface area contributed by atoms with Crippen LogP contribution in [0.2, 0.25) is 0 Å². The summed E-state index contributed by atoms with van der Waals surface area (Å²) in [6, 6.07) is 7.19. The second-order valence-corrected chi connectivity index (χ2v) is 7.07. The molecule has 0 aromatic carbocycles. The molecule has 0 fully saturated rings. The van der Waals surface area contributed by atoms with E-state index in [1.807, 2.05) is 38.1 Å². The van der Waals surface area contributed by atoms with E-state index in [1.54, 1.807) is 22.9 Å². The van der Waals surface area contributed by atoms with E-state index < -0.39 is 0 Å². The first-order valence-corrected chi connectivity index (χ1v) is 9.36. The van der Waals surface area contributed by atoms with E-state index >= 15 is 0 Å². The molecule has 2 aromatic heterocycles. The normalized spacial score (nSPS) is 13.1. The van der Waals surface area contributed by atoms with Gasteiger partial charge in [0, 0.05) is 24.2 Å². The molecule has 3 rings (SSSR count). The van der Waals surface area contributed by atoms with Gasteiger partial charge in [-0.2, -0.15) is 0 Å². The number of pyridine rings is 2. The van der Waals surface area contributed by atoms with Gasteiger partial charge in [0.25, 0.3) is 0 Å². The average Bonchev–Trinajstić information content (AvgIpc) is 2.64. The summed E-state index contributed by atoms with van der Waals surface area (Å²) >= 11 is 1.65. The molecule has 2 N–H and O–H groups in total. The number of hydrogen-bond acceptors (Lipinski definition) is 5. The standard InChI is InChI=1S/C18H21N5O2S/c1-12-9-13(2)22-17-16(12)23(7-8-26-17)18(25)21-11-15(24)20-10-14-5-3-4-6-19-14/h3-6,9H,7-8,10-11H2,1-2H3,(H,20,24)(H,21,25). The van der Waals surface area contributed by atoms with Gasteiger partial charge in [0.1, 0.15) is 5.03 Å². The Balaban J connectivity index is 1.57. The van der Waals surface area contributed by atoms with Crippen molar-refractivity contribution in [2.75, 3.05) is 23.7 Å². The van der Waals surface area contributed by atoms with Gasteiger partial charge in [-0.1, -0.05) is 6.07 Å². The Morgan fingerprint density at radius 3 is 2.88 bits per heavy atom. The highest BCUT2D eigenvalue weighted by atomic mass is 32.2. The van der Waals surface area contributed by atoms with E-state index in [9.17, 15) is 9.59 Å². The van der Waals surface area contributed by atoms with Crippen LogP contribution in [0.25, 0.3) is 0 Å². The number of fused-ring (bicyclic) bond motifs is 1. The maximum atomic E-state index is 12.6. The van der Waals surface area contributed by atoms with Gasteiger partial charge in [-0.25, -0.2) is 9.78 Å². The van der Waals surface area contributed by atoms with Gasteiger partial charge >= 0.3 is 6.03 Å². The summed E-state index contributed by atoms with van der Waals surface area (Å²) in [6.07, 6.45) is 1.67. The summed E-state index contributed by atoms with van der Waals surface area (Å²) in [7, 11) is 0. The zero-order valence-electron chi connectivity index (χ0n) is 14.8. The van der Waals surface area contributed by atoms with Crippen molar-refractivity contribution in [1.29, 1.82) is 0 Å². The molecule has 0 radical (unpaired) electrons.